The summed E-state index contributed by atoms with van der Waals surface area (Å²) in [5, 5.41) is 0. The van der Waals surface area contributed by atoms with Gasteiger partial charge in [-0.2, -0.15) is 0 Å². The Morgan fingerprint density at radius 2 is 2.00 bits per heavy atom. The normalized spacial score (nSPS) is 18.7. The second-order valence-electron chi connectivity index (χ2n) is 6.23. The SMILES string of the molecule is CCn1cc(CCN2CC(C)(C)C2)c(C)cc1=O. The highest BCUT2D eigenvalue weighted by atomic mass is 16.1. The van der Waals surface area contributed by atoms with E-state index in [1.165, 1.54) is 18.7 Å². The average molecular weight is 248 g/mol. The van der Waals surface area contributed by atoms with Crippen molar-refractivity contribution in [2.24, 2.45) is 5.41 Å². The molecule has 2 heterocycles. The molecule has 1 aromatic heterocycles. The Morgan fingerprint density at radius 3 is 2.56 bits per heavy atom. The van der Waals surface area contributed by atoms with Crippen LogP contribution in [0.2, 0.25) is 0 Å². The van der Waals surface area contributed by atoms with Gasteiger partial charge < -0.3 is 9.47 Å². The van der Waals surface area contributed by atoms with Crippen molar-refractivity contribution in [2.45, 2.75) is 40.7 Å². The summed E-state index contributed by atoms with van der Waals surface area (Å²) in [7, 11) is 0. The summed E-state index contributed by atoms with van der Waals surface area (Å²) in [5.74, 6) is 0. The molecule has 18 heavy (non-hydrogen) atoms. The summed E-state index contributed by atoms with van der Waals surface area (Å²) in [4.78, 5) is 14.2. The van der Waals surface area contributed by atoms with Crippen molar-refractivity contribution < 1.29 is 0 Å². The molecule has 0 spiro atoms. The Kier molecular flexibility index (Phi) is 3.62. The summed E-state index contributed by atoms with van der Waals surface area (Å²) >= 11 is 0. The summed E-state index contributed by atoms with van der Waals surface area (Å²) < 4.78 is 1.79. The molecule has 3 heteroatoms. The van der Waals surface area contributed by atoms with Gasteiger partial charge in [0.2, 0.25) is 0 Å². The van der Waals surface area contributed by atoms with Crippen LogP contribution < -0.4 is 5.56 Å². The molecule has 0 saturated carbocycles. The molecule has 0 unspecified atom stereocenters. The van der Waals surface area contributed by atoms with Crippen LogP contribution in [0.1, 0.15) is 31.9 Å². The van der Waals surface area contributed by atoms with Crippen LogP contribution in [0, 0.1) is 12.3 Å². The largest absolute Gasteiger partial charge is 0.316 e. The van der Waals surface area contributed by atoms with Gasteiger partial charge in [0.15, 0.2) is 0 Å². The monoisotopic (exact) mass is 248 g/mol. The van der Waals surface area contributed by atoms with E-state index in [0.717, 1.165) is 25.1 Å². The van der Waals surface area contributed by atoms with Crippen LogP contribution in [0.4, 0.5) is 0 Å². The van der Waals surface area contributed by atoms with Crippen molar-refractivity contribution in [3.8, 4) is 0 Å². The Hall–Kier alpha value is -1.09. The molecule has 1 aliphatic heterocycles. The zero-order valence-corrected chi connectivity index (χ0v) is 12.0. The van der Waals surface area contributed by atoms with E-state index >= 15 is 0 Å². The molecule has 0 atom stereocenters. The van der Waals surface area contributed by atoms with Gasteiger partial charge in [-0.1, -0.05) is 13.8 Å². The molecule has 1 aliphatic rings. The topological polar surface area (TPSA) is 25.2 Å². The van der Waals surface area contributed by atoms with Crippen molar-refractivity contribution in [2.75, 3.05) is 19.6 Å². The van der Waals surface area contributed by atoms with Crippen LogP contribution >= 0.6 is 0 Å². The lowest BCUT2D eigenvalue weighted by molar-refractivity contribution is 0.0324. The van der Waals surface area contributed by atoms with Gasteiger partial charge in [0.05, 0.1) is 0 Å². The number of pyridine rings is 1. The number of hydrogen-bond acceptors (Lipinski definition) is 2. The van der Waals surface area contributed by atoms with E-state index in [9.17, 15) is 4.79 Å². The first-order valence-corrected chi connectivity index (χ1v) is 6.83. The third-order valence-corrected chi connectivity index (χ3v) is 3.78. The summed E-state index contributed by atoms with van der Waals surface area (Å²) in [5.41, 5.74) is 3.05. The number of rotatable bonds is 4. The number of aromatic nitrogens is 1. The van der Waals surface area contributed by atoms with Crippen LogP contribution in [-0.2, 0) is 13.0 Å². The molecule has 0 N–H and O–H groups in total. The molecule has 1 aromatic rings. The van der Waals surface area contributed by atoms with Crippen molar-refractivity contribution >= 4 is 0 Å². The Labute approximate surface area is 109 Å². The number of aryl methyl sites for hydroxylation is 2. The second kappa shape index (κ2) is 4.88. The predicted octanol–water partition coefficient (Wildman–Crippen LogP) is 2.06. The molecular formula is C15H24N2O. The first-order chi connectivity index (χ1) is 8.41. The van der Waals surface area contributed by atoms with Crippen molar-refractivity contribution in [1.82, 2.24) is 9.47 Å². The molecule has 0 aromatic carbocycles. The summed E-state index contributed by atoms with van der Waals surface area (Å²) in [6.45, 7) is 12.9. The van der Waals surface area contributed by atoms with Crippen LogP contribution in [0.25, 0.3) is 0 Å². The van der Waals surface area contributed by atoms with Crippen LogP contribution in [0.15, 0.2) is 17.1 Å². The van der Waals surface area contributed by atoms with Gasteiger partial charge >= 0.3 is 0 Å². The number of hydrogen-bond donors (Lipinski definition) is 0. The van der Waals surface area contributed by atoms with Gasteiger partial charge in [-0.3, -0.25) is 4.79 Å². The van der Waals surface area contributed by atoms with Crippen LogP contribution in [0.3, 0.4) is 0 Å². The predicted molar refractivity (Wildman–Crippen MR) is 75.0 cm³/mol. The maximum absolute atomic E-state index is 11.7. The number of likely N-dealkylation sites (tertiary alicyclic amines) is 1. The van der Waals surface area contributed by atoms with E-state index in [2.05, 4.69) is 18.7 Å². The minimum atomic E-state index is 0.115. The maximum atomic E-state index is 11.7. The highest BCUT2D eigenvalue weighted by Crippen LogP contribution is 2.28. The lowest BCUT2D eigenvalue weighted by Crippen LogP contribution is -2.53. The highest BCUT2D eigenvalue weighted by Gasteiger charge is 2.33. The lowest BCUT2D eigenvalue weighted by Gasteiger charge is -2.46. The molecule has 3 nitrogen and oxygen atoms in total. The quantitative estimate of drug-likeness (QED) is 0.815. The van der Waals surface area contributed by atoms with Gasteiger partial charge in [0.1, 0.15) is 0 Å². The maximum Gasteiger partial charge on any atom is 0.250 e. The van der Waals surface area contributed by atoms with Gasteiger partial charge in [-0.05, 0) is 36.8 Å². The van der Waals surface area contributed by atoms with Crippen molar-refractivity contribution in [3.05, 3.63) is 33.7 Å². The molecule has 1 fully saturated rings. The van der Waals surface area contributed by atoms with E-state index < -0.39 is 0 Å². The fourth-order valence-electron chi connectivity index (χ4n) is 2.82. The molecule has 0 amide bonds. The number of nitrogens with zero attached hydrogens (tertiary/aromatic N) is 2. The Bertz CT molecular complexity index is 480. The highest BCUT2D eigenvalue weighted by molar-refractivity contribution is 5.22. The van der Waals surface area contributed by atoms with Crippen molar-refractivity contribution in [1.29, 1.82) is 0 Å². The average Bonchev–Trinajstić information content (AvgIpc) is 2.25. The van der Waals surface area contributed by atoms with Gasteiger partial charge in [-0.15, -0.1) is 0 Å². The van der Waals surface area contributed by atoms with Gasteiger partial charge in [-0.25, -0.2) is 0 Å². The molecule has 100 valence electrons. The van der Waals surface area contributed by atoms with Crippen LogP contribution in [-0.4, -0.2) is 29.1 Å². The molecule has 0 aliphatic carbocycles. The van der Waals surface area contributed by atoms with Crippen LogP contribution in [0.5, 0.6) is 0 Å². The fraction of sp³-hybridized carbons (Fsp3) is 0.667. The standard InChI is InChI=1S/C15H24N2O/c1-5-17-9-13(12(2)8-14(17)18)6-7-16-10-15(3,4)11-16/h8-9H,5-7,10-11H2,1-4H3. The molecule has 0 bridgehead atoms. The molecular weight excluding hydrogens is 224 g/mol. The van der Waals surface area contributed by atoms with E-state index in [-0.39, 0.29) is 5.56 Å². The Balaban J connectivity index is 1.99. The smallest absolute Gasteiger partial charge is 0.250 e. The van der Waals surface area contributed by atoms with E-state index in [1.807, 2.05) is 20.0 Å². The second-order valence-corrected chi connectivity index (χ2v) is 6.23. The summed E-state index contributed by atoms with van der Waals surface area (Å²) in [6.07, 6.45) is 3.07. The molecule has 2 rings (SSSR count). The Morgan fingerprint density at radius 1 is 1.33 bits per heavy atom. The zero-order valence-electron chi connectivity index (χ0n) is 12.0. The third kappa shape index (κ3) is 2.83. The minimum absolute atomic E-state index is 0.115. The molecule has 1 saturated heterocycles. The van der Waals surface area contributed by atoms with Crippen molar-refractivity contribution in [3.63, 3.8) is 0 Å². The zero-order chi connectivity index (χ0) is 13.3. The van der Waals surface area contributed by atoms with Gasteiger partial charge in [0, 0.05) is 38.4 Å². The van der Waals surface area contributed by atoms with E-state index in [0.29, 0.717) is 5.41 Å². The molecule has 0 radical (unpaired) electrons. The lowest BCUT2D eigenvalue weighted by atomic mass is 9.84. The van der Waals surface area contributed by atoms with E-state index in [4.69, 9.17) is 0 Å². The summed E-state index contributed by atoms with van der Waals surface area (Å²) in [6, 6.07) is 1.76. The fourth-order valence-corrected chi connectivity index (χ4v) is 2.82. The van der Waals surface area contributed by atoms with E-state index in [1.54, 1.807) is 10.6 Å². The third-order valence-electron chi connectivity index (χ3n) is 3.78. The first kappa shape index (κ1) is 13.3. The first-order valence-electron chi connectivity index (χ1n) is 6.83. The van der Waals surface area contributed by atoms with Gasteiger partial charge in [0.25, 0.3) is 5.56 Å². The minimum Gasteiger partial charge on any atom is -0.316 e.